The summed E-state index contributed by atoms with van der Waals surface area (Å²) in [7, 11) is 1.56. The molecular weight excluding hydrogens is 194 g/mol. The van der Waals surface area contributed by atoms with Crippen molar-refractivity contribution >= 4 is 0 Å². The van der Waals surface area contributed by atoms with Crippen LogP contribution in [0.4, 0.5) is 0 Å². The Morgan fingerprint density at radius 1 is 1.53 bits per heavy atom. The number of aliphatic hydroxyl groups excluding tert-OH is 1. The van der Waals surface area contributed by atoms with Crippen LogP contribution in [0.5, 0.6) is 0 Å². The Hall–Kier alpha value is -0.940. The highest BCUT2D eigenvalue weighted by molar-refractivity contribution is 4.96. The third kappa shape index (κ3) is 3.60. The number of methoxy groups -OCH3 is 1. The van der Waals surface area contributed by atoms with Gasteiger partial charge in [-0.15, -0.1) is 5.10 Å². The number of nitrogens with zero attached hydrogens (tertiary/aromatic N) is 3. The fraction of sp³-hybridized carbons (Fsp3) is 0.800. The summed E-state index contributed by atoms with van der Waals surface area (Å²) in [6.45, 7) is 6.48. The van der Waals surface area contributed by atoms with Crippen molar-refractivity contribution in [2.24, 2.45) is 0 Å². The van der Waals surface area contributed by atoms with Gasteiger partial charge in [0.2, 0.25) is 0 Å². The first-order chi connectivity index (χ1) is 6.93. The van der Waals surface area contributed by atoms with Gasteiger partial charge in [-0.25, -0.2) is 4.68 Å². The summed E-state index contributed by atoms with van der Waals surface area (Å²) >= 11 is 0. The van der Waals surface area contributed by atoms with Crippen molar-refractivity contribution in [1.29, 1.82) is 0 Å². The van der Waals surface area contributed by atoms with Gasteiger partial charge in [0.25, 0.3) is 0 Å². The van der Waals surface area contributed by atoms with Gasteiger partial charge in [0.15, 0.2) is 0 Å². The smallest absolute Gasteiger partial charge is 0.0854 e. The molecule has 0 bridgehead atoms. The van der Waals surface area contributed by atoms with Gasteiger partial charge < -0.3 is 9.84 Å². The molecule has 1 aromatic heterocycles. The first-order valence-electron chi connectivity index (χ1n) is 5.02. The Kier molecular flexibility index (Phi) is 3.82. The molecule has 1 aromatic rings. The summed E-state index contributed by atoms with van der Waals surface area (Å²) < 4.78 is 6.64. The lowest BCUT2D eigenvalue weighted by atomic mass is 10.1. The monoisotopic (exact) mass is 213 g/mol. The largest absolute Gasteiger partial charge is 0.390 e. The van der Waals surface area contributed by atoms with Crippen molar-refractivity contribution < 1.29 is 9.84 Å². The maximum Gasteiger partial charge on any atom is 0.0854 e. The zero-order valence-electron chi connectivity index (χ0n) is 9.77. The van der Waals surface area contributed by atoms with Gasteiger partial charge in [-0.05, 0) is 20.8 Å². The molecule has 1 unspecified atom stereocenters. The lowest BCUT2D eigenvalue weighted by molar-refractivity contribution is 0.0644. The molecule has 0 saturated carbocycles. The van der Waals surface area contributed by atoms with Gasteiger partial charge in [0, 0.05) is 19.7 Å². The normalized spacial score (nSPS) is 14.2. The molecule has 0 aliphatic heterocycles. The van der Waals surface area contributed by atoms with Crippen molar-refractivity contribution in [3.8, 4) is 0 Å². The maximum absolute atomic E-state index is 9.51. The number of rotatable bonds is 4. The molecule has 15 heavy (non-hydrogen) atoms. The molecule has 1 heterocycles. The van der Waals surface area contributed by atoms with Crippen LogP contribution in [0.25, 0.3) is 0 Å². The van der Waals surface area contributed by atoms with E-state index in [9.17, 15) is 5.11 Å². The average molecular weight is 213 g/mol. The number of ether oxygens (including phenoxy) is 1. The third-order valence-electron chi connectivity index (χ3n) is 2.03. The molecule has 5 heteroatoms. The van der Waals surface area contributed by atoms with Crippen molar-refractivity contribution in [1.82, 2.24) is 15.0 Å². The quantitative estimate of drug-likeness (QED) is 0.795. The lowest BCUT2D eigenvalue weighted by Crippen LogP contribution is -2.22. The highest BCUT2D eigenvalue weighted by Crippen LogP contribution is 2.12. The molecule has 0 fully saturated rings. The number of aliphatic hydroxyl groups is 1. The minimum Gasteiger partial charge on any atom is -0.390 e. The van der Waals surface area contributed by atoms with E-state index in [-0.39, 0.29) is 5.54 Å². The zero-order valence-corrected chi connectivity index (χ0v) is 9.77. The van der Waals surface area contributed by atoms with Crippen LogP contribution in [0.2, 0.25) is 0 Å². The molecule has 5 nitrogen and oxygen atoms in total. The van der Waals surface area contributed by atoms with Crippen molar-refractivity contribution in [3.05, 3.63) is 11.9 Å². The van der Waals surface area contributed by atoms with E-state index in [1.165, 1.54) is 0 Å². The molecule has 1 N–H and O–H groups in total. The van der Waals surface area contributed by atoms with E-state index < -0.39 is 6.10 Å². The fourth-order valence-corrected chi connectivity index (χ4v) is 1.21. The Morgan fingerprint density at radius 3 is 2.67 bits per heavy atom. The van der Waals surface area contributed by atoms with Crippen LogP contribution in [0, 0.1) is 0 Å². The molecule has 1 rings (SSSR count). The molecule has 0 spiro atoms. The molecule has 86 valence electrons. The van der Waals surface area contributed by atoms with E-state index in [0.717, 1.165) is 5.69 Å². The first kappa shape index (κ1) is 12.1. The van der Waals surface area contributed by atoms with Gasteiger partial charge in [-0.1, -0.05) is 5.21 Å². The zero-order chi connectivity index (χ0) is 11.5. The summed E-state index contributed by atoms with van der Waals surface area (Å²) in [5.41, 5.74) is 0.715. The molecule has 0 aliphatic rings. The van der Waals surface area contributed by atoms with Gasteiger partial charge >= 0.3 is 0 Å². The van der Waals surface area contributed by atoms with Gasteiger partial charge in [-0.2, -0.15) is 0 Å². The second-order valence-corrected chi connectivity index (χ2v) is 4.64. The third-order valence-corrected chi connectivity index (χ3v) is 2.03. The molecular formula is C10H19N3O2. The average Bonchev–Trinajstić information content (AvgIpc) is 2.52. The van der Waals surface area contributed by atoms with Crippen molar-refractivity contribution in [2.75, 3.05) is 13.7 Å². The summed E-state index contributed by atoms with van der Waals surface area (Å²) in [5.74, 6) is 0. The van der Waals surface area contributed by atoms with E-state index in [2.05, 4.69) is 31.1 Å². The summed E-state index contributed by atoms with van der Waals surface area (Å²) in [4.78, 5) is 0. The van der Waals surface area contributed by atoms with Crippen LogP contribution in [-0.4, -0.2) is 39.9 Å². The Labute approximate surface area is 90.1 Å². The topological polar surface area (TPSA) is 60.2 Å². The van der Waals surface area contributed by atoms with E-state index in [0.29, 0.717) is 13.0 Å². The highest BCUT2D eigenvalue weighted by atomic mass is 16.5. The molecule has 0 aromatic carbocycles. The molecule has 0 aliphatic carbocycles. The van der Waals surface area contributed by atoms with Crippen LogP contribution in [0.15, 0.2) is 6.20 Å². The standard InChI is InChI=1S/C10H19N3O2/c1-10(2,3)13-6-8(11-12-13)5-9(14)7-15-4/h6,9,14H,5,7H2,1-4H3. The fourth-order valence-electron chi connectivity index (χ4n) is 1.21. The minimum atomic E-state index is -0.514. The molecule has 0 radical (unpaired) electrons. The number of hydrogen-bond donors (Lipinski definition) is 1. The minimum absolute atomic E-state index is 0.0720. The summed E-state index contributed by atoms with van der Waals surface area (Å²) in [5, 5.41) is 17.5. The SMILES string of the molecule is COCC(O)Cc1cn(C(C)(C)C)nn1. The molecule has 0 amide bonds. The van der Waals surface area contributed by atoms with Crippen LogP contribution in [0.3, 0.4) is 0 Å². The second-order valence-electron chi connectivity index (χ2n) is 4.64. The van der Waals surface area contributed by atoms with E-state index in [1.54, 1.807) is 11.8 Å². The van der Waals surface area contributed by atoms with Gasteiger partial charge in [0.1, 0.15) is 0 Å². The van der Waals surface area contributed by atoms with E-state index >= 15 is 0 Å². The highest BCUT2D eigenvalue weighted by Gasteiger charge is 2.16. The Morgan fingerprint density at radius 2 is 2.20 bits per heavy atom. The molecule has 1 atom stereocenters. The number of aromatic nitrogens is 3. The van der Waals surface area contributed by atoms with Crippen LogP contribution >= 0.6 is 0 Å². The summed E-state index contributed by atoms with van der Waals surface area (Å²) in [6, 6.07) is 0. The molecule has 0 saturated heterocycles. The van der Waals surface area contributed by atoms with Crippen LogP contribution in [-0.2, 0) is 16.7 Å². The Bertz CT molecular complexity index is 304. The van der Waals surface area contributed by atoms with Crippen LogP contribution in [0.1, 0.15) is 26.5 Å². The van der Waals surface area contributed by atoms with Crippen molar-refractivity contribution in [3.63, 3.8) is 0 Å². The summed E-state index contributed by atoms with van der Waals surface area (Å²) in [6.07, 6.45) is 1.82. The predicted octanol–water partition coefficient (Wildman–Crippen LogP) is 0.583. The van der Waals surface area contributed by atoms with Crippen molar-refractivity contribution in [2.45, 2.75) is 38.8 Å². The first-order valence-corrected chi connectivity index (χ1v) is 5.02. The van der Waals surface area contributed by atoms with Crippen LogP contribution < -0.4 is 0 Å². The number of hydrogen-bond acceptors (Lipinski definition) is 4. The lowest BCUT2D eigenvalue weighted by Gasteiger charge is -2.17. The van der Waals surface area contributed by atoms with Gasteiger partial charge in [-0.3, -0.25) is 0 Å². The maximum atomic E-state index is 9.51. The van der Waals surface area contributed by atoms with Gasteiger partial charge in [0.05, 0.1) is 23.9 Å². The van der Waals surface area contributed by atoms with E-state index in [4.69, 9.17) is 4.74 Å². The van der Waals surface area contributed by atoms with E-state index in [1.807, 2.05) is 6.20 Å². The predicted molar refractivity (Wildman–Crippen MR) is 56.6 cm³/mol. The Balaban J connectivity index is 2.61. The second kappa shape index (κ2) is 4.72.